The summed E-state index contributed by atoms with van der Waals surface area (Å²) in [5.41, 5.74) is 4.51. The molecule has 0 saturated heterocycles. The second-order valence-electron chi connectivity index (χ2n) is 7.73. The van der Waals surface area contributed by atoms with Gasteiger partial charge in [-0.05, 0) is 29.0 Å². The van der Waals surface area contributed by atoms with Crippen molar-refractivity contribution in [3.8, 4) is 5.75 Å². The topological polar surface area (TPSA) is 24.8 Å². The van der Waals surface area contributed by atoms with Gasteiger partial charge in [-0.2, -0.15) is 5.10 Å². The lowest BCUT2D eigenvalue weighted by Crippen LogP contribution is -2.33. The molecule has 0 spiro atoms. The normalized spacial score (nSPS) is 19.8. The Labute approximate surface area is 180 Å². The maximum Gasteiger partial charge on any atom is 0.213 e. The SMILES string of the molecule is Clc1ccc([C@@H]2Oc3ccccc3[C@@H]3CC(c4cccc5ccccc45)=NN32)cc1. The molecule has 4 aromatic carbocycles. The molecule has 0 bridgehead atoms. The van der Waals surface area contributed by atoms with Gasteiger partial charge < -0.3 is 4.74 Å². The number of benzene rings is 4. The lowest BCUT2D eigenvalue weighted by molar-refractivity contribution is -0.0190. The molecule has 0 unspecified atom stereocenters. The molecule has 2 aliphatic heterocycles. The Balaban J connectivity index is 1.49. The number of halogens is 1. The summed E-state index contributed by atoms with van der Waals surface area (Å²) in [6, 6.07) is 31.2. The summed E-state index contributed by atoms with van der Waals surface area (Å²) in [5, 5.41) is 10.4. The first kappa shape index (κ1) is 17.5. The van der Waals surface area contributed by atoms with Crippen molar-refractivity contribution >= 4 is 28.1 Å². The summed E-state index contributed by atoms with van der Waals surface area (Å²) in [6.07, 6.45) is 0.563. The standard InChI is InChI=1S/C26H19ClN2O/c27-19-14-12-18(13-15-19)26-29-24(22-9-3-4-11-25(22)30-26)16-23(28-29)21-10-5-7-17-6-1-2-8-20(17)21/h1-15,24,26H,16H2/t24-,26-/m0/s1. The first-order chi connectivity index (χ1) is 14.8. The second kappa shape index (κ2) is 6.89. The smallest absolute Gasteiger partial charge is 0.213 e. The Morgan fingerprint density at radius 2 is 1.60 bits per heavy atom. The largest absolute Gasteiger partial charge is 0.464 e. The van der Waals surface area contributed by atoms with Crippen LogP contribution in [0.2, 0.25) is 5.02 Å². The van der Waals surface area contributed by atoms with Crippen molar-refractivity contribution in [2.75, 3.05) is 0 Å². The van der Waals surface area contributed by atoms with E-state index in [2.05, 4.69) is 59.6 Å². The fourth-order valence-electron chi connectivity index (χ4n) is 4.52. The zero-order chi connectivity index (χ0) is 20.1. The minimum Gasteiger partial charge on any atom is -0.464 e. The Bertz CT molecular complexity index is 1280. The molecule has 2 atom stereocenters. The Kier molecular flexibility index (Phi) is 4.03. The fraction of sp³-hybridized carbons (Fsp3) is 0.115. The van der Waals surface area contributed by atoms with Crippen LogP contribution >= 0.6 is 11.6 Å². The summed E-state index contributed by atoms with van der Waals surface area (Å²) in [5.74, 6) is 0.924. The molecule has 0 fully saturated rings. The molecule has 0 aliphatic carbocycles. The summed E-state index contributed by atoms with van der Waals surface area (Å²) in [6.45, 7) is 0. The quantitative estimate of drug-likeness (QED) is 0.365. The molecule has 0 amide bonds. The van der Waals surface area contributed by atoms with Crippen molar-refractivity contribution in [3.05, 3.63) is 113 Å². The van der Waals surface area contributed by atoms with Gasteiger partial charge in [0.2, 0.25) is 6.23 Å². The molecular weight excluding hydrogens is 392 g/mol. The molecule has 6 rings (SSSR count). The van der Waals surface area contributed by atoms with Crippen LogP contribution in [0.1, 0.15) is 35.4 Å². The van der Waals surface area contributed by atoms with E-state index in [0.29, 0.717) is 5.02 Å². The van der Waals surface area contributed by atoms with Gasteiger partial charge in [0, 0.05) is 28.1 Å². The molecule has 0 N–H and O–H groups in total. The first-order valence-electron chi connectivity index (χ1n) is 10.1. The molecule has 4 heteroatoms. The molecule has 146 valence electrons. The van der Waals surface area contributed by atoms with Gasteiger partial charge in [0.15, 0.2) is 0 Å². The van der Waals surface area contributed by atoms with Crippen LogP contribution in [0.25, 0.3) is 10.8 Å². The van der Waals surface area contributed by atoms with Crippen molar-refractivity contribution in [1.29, 1.82) is 0 Å². The molecule has 3 nitrogen and oxygen atoms in total. The average Bonchev–Trinajstić information content (AvgIpc) is 3.24. The van der Waals surface area contributed by atoms with E-state index in [4.69, 9.17) is 21.4 Å². The number of hydrogen-bond acceptors (Lipinski definition) is 3. The van der Waals surface area contributed by atoms with Crippen LogP contribution in [0, 0.1) is 0 Å². The third kappa shape index (κ3) is 2.78. The number of ether oxygens (including phenoxy) is 1. The van der Waals surface area contributed by atoms with E-state index in [1.54, 1.807) is 0 Å². The van der Waals surface area contributed by atoms with Crippen molar-refractivity contribution < 1.29 is 4.74 Å². The first-order valence-corrected chi connectivity index (χ1v) is 10.5. The summed E-state index contributed by atoms with van der Waals surface area (Å²) < 4.78 is 6.42. The number of nitrogens with zero attached hydrogens (tertiary/aromatic N) is 2. The Hall–Kier alpha value is -3.30. The number of hydrazone groups is 1. The van der Waals surface area contributed by atoms with Crippen LogP contribution in [0.5, 0.6) is 5.75 Å². The molecule has 30 heavy (non-hydrogen) atoms. The van der Waals surface area contributed by atoms with E-state index in [1.807, 2.05) is 36.4 Å². The van der Waals surface area contributed by atoms with Crippen molar-refractivity contribution in [2.45, 2.75) is 18.7 Å². The van der Waals surface area contributed by atoms with Crippen LogP contribution in [0.15, 0.2) is 96.1 Å². The maximum absolute atomic E-state index is 6.42. The number of fused-ring (bicyclic) bond motifs is 4. The van der Waals surface area contributed by atoms with Gasteiger partial charge in [0.05, 0.1) is 11.8 Å². The van der Waals surface area contributed by atoms with Crippen LogP contribution < -0.4 is 4.74 Å². The third-order valence-corrected chi connectivity index (χ3v) is 6.21. The highest BCUT2D eigenvalue weighted by Gasteiger charge is 2.41. The summed E-state index contributed by atoms with van der Waals surface area (Å²) in [4.78, 5) is 0. The van der Waals surface area contributed by atoms with E-state index in [-0.39, 0.29) is 12.3 Å². The highest BCUT2D eigenvalue weighted by atomic mass is 35.5. The number of rotatable bonds is 2. The second-order valence-corrected chi connectivity index (χ2v) is 8.17. The van der Waals surface area contributed by atoms with Crippen molar-refractivity contribution in [1.82, 2.24) is 5.01 Å². The van der Waals surface area contributed by atoms with Gasteiger partial charge in [-0.3, -0.25) is 0 Å². The minimum absolute atomic E-state index is 0.143. The molecular formula is C26H19ClN2O. The van der Waals surface area contributed by atoms with Crippen molar-refractivity contribution in [3.63, 3.8) is 0 Å². The van der Waals surface area contributed by atoms with Gasteiger partial charge in [-0.25, -0.2) is 5.01 Å². The minimum atomic E-state index is -0.283. The number of hydrogen-bond donors (Lipinski definition) is 0. The third-order valence-electron chi connectivity index (χ3n) is 5.95. The Morgan fingerprint density at radius 3 is 2.50 bits per heavy atom. The molecule has 0 saturated carbocycles. The number of para-hydroxylation sites is 1. The maximum atomic E-state index is 6.42. The zero-order valence-electron chi connectivity index (χ0n) is 16.2. The predicted molar refractivity (Wildman–Crippen MR) is 121 cm³/mol. The average molecular weight is 411 g/mol. The van der Waals surface area contributed by atoms with Crippen LogP contribution in [0.3, 0.4) is 0 Å². The highest BCUT2D eigenvalue weighted by Crippen LogP contribution is 2.47. The van der Waals surface area contributed by atoms with Crippen LogP contribution in [0.4, 0.5) is 0 Å². The van der Waals surface area contributed by atoms with E-state index in [0.717, 1.165) is 23.4 Å². The lowest BCUT2D eigenvalue weighted by atomic mass is 9.93. The van der Waals surface area contributed by atoms with Crippen LogP contribution in [-0.2, 0) is 0 Å². The van der Waals surface area contributed by atoms with E-state index in [1.165, 1.54) is 21.9 Å². The predicted octanol–water partition coefficient (Wildman–Crippen LogP) is 6.74. The molecule has 2 heterocycles. The van der Waals surface area contributed by atoms with E-state index < -0.39 is 0 Å². The van der Waals surface area contributed by atoms with E-state index >= 15 is 0 Å². The summed E-state index contributed by atoms with van der Waals surface area (Å²) >= 11 is 6.12. The van der Waals surface area contributed by atoms with Gasteiger partial charge in [0.25, 0.3) is 0 Å². The van der Waals surface area contributed by atoms with Gasteiger partial charge >= 0.3 is 0 Å². The monoisotopic (exact) mass is 410 g/mol. The Morgan fingerprint density at radius 1 is 0.833 bits per heavy atom. The van der Waals surface area contributed by atoms with Crippen LogP contribution in [-0.4, -0.2) is 10.7 Å². The van der Waals surface area contributed by atoms with Gasteiger partial charge in [-0.1, -0.05) is 84.4 Å². The van der Waals surface area contributed by atoms with Gasteiger partial charge in [0.1, 0.15) is 5.75 Å². The highest BCUT2D eigenvalue weighted by molar-refractivity contribution is 6.30. The molecule has 0 aromatic heterocycles. The fourth-order valence-corrected chi connectivity index (χ4v) is 4.65. The van der Waals surface area contributed by atoms with Crippen molar-refractivity contribution in [2.24, 2.45) is 5.10 Å². The van der Waals surface area contributed by atoms with E-state index in [9.17, 15) is 0 Å². The zero-order valence-corrected chi connectivity index (χ0v) is 17.0. The lowest BCUT2D eigenvalue weighted by Gasteiger charge is -2.38. The summed E-state index contributed by atoms with van der Waals surface area (Å²) in [7, 11) is 0. The molecule has 4 aromatic rings. The van der Waals surface area contributed by atoms with Gasteiger partial charge in [-0.15, -0.1) is 0 Å². The molecule has 0 radical (unpaired) electrons. The molecule has 2 aliphatic rings.